The molecule has 1 aliphatic rings. The van der Waals surface area contributed by atoms with Crippen molar-refractivity contribution in [2.75, 3.05) is 18.5 Å². The largest absolute Gasteiger partial charge is 0.493 e. The number of carbonyl (C=O) groups excluding carboxylic acids is 3. The van der Waals surface area contributed by atoms with Gasteiger partial charge in [0.2, 0.25) is 11.9 Å². The molecule has 0 unspecified atom stereocenters. The molecule has 1 aliphatic heterocycles. The van der Waals surface area contributed by atoms with Crippen molar-refractivity contribution >= 4 is 35.3 Å². The molecule has 2 heterocycles. The van der Waals surface area contributed by atoms with Gasteiger partial charge in [-0.25, -0.2) is 9.97 Å². The number of aromatic nitrogens is 2. The highest BCUT2D eigenvalue weighted by Gasteiger charge is 2.36. The van der Waals surface area contributed by atoms with Crippen LogP contribution in [0.25, 0.3) is 0 Å². The quantitative estimate of drug-likeness (QED) is 0.192. The second kappa shape index (κ2) is 12.2. The van der Waals surface area contributed by atoms with E-state index in [2.05, 4.69) is 37.7 Å². The standard InChI is InChI=1S/C31H28N6O4/c1-20-18-21(2)33-30(32-20)36-31(35-27(38)19-37-28(39)25-10-6-7-11-26(25)29(37)40)34-23-12-14-24(15-13-23)41-17-16-22-8-4-3-5-9-22/h3-15,18H,16-17,19H2,1-2H3,(H2,32,33,34,35,36,38). The van der Waals surface area contributed by atoms with Crippen LogP contribution in [-0.4, -0.2) is 51.7 Å². The molecule has 2 N–H and O–H groups in total. The Morgan fingerprint density at radius 2 is 1.46 bits per heavy atom. The van der Waals surface area contributed by atoms with Gasteiger partial charge >= 0.3 is 0 Å². The number of anilines is 1. The van der Waals surface area contributed by atoms with Crippen LogP contribution in [0, 0.1) is 13.8 Å². The molecule has 0 saturated carbocycles. The van der Waals surface area contributed by atoms with Crippen molar-refractivity contribution in [3.63, 3.8) is 0 Å². The van der Waals surface area contributed by atoms with Crippen molar-refractivity contribution in [1.29, 1.82) is 0 Å². The summed E-state index contributed by atoms with van der Waals surface area (Å²) in [7, 11) is 0. The van der Waals surface area contributed by atoms with Gasteiger partial charge in [-0.1, -0.05) is 42.5 Å². The SMILES string of the molecule is Cc1cc(C)nc(/N=C(/NC(=O)CN2C(=O)c3ccccc3C2=O)Nc2ccc(OCCc3ccccc3)cc2)n1. The molecule has 206 valence electrons. The number of aliphatic imine (C=N–C) groups is 1. The van der Waals surface area contributed by atoms with E-state index in [1.54, 1.807) is 48.5 Å². The molecular formula is C31H28N6O4. The summed E-state index contributed by atoms with van der Waals surface area (Å²) in [6.45, 7) is 3.69. The Morgan fingerprint density at radius 1 is 0.854 bits per heavy atom. The summed E-state index contributed by atoms with van der Waals surface area (Å²) in [6.07, 6.45) is 0.784. The van der Waals surface area contributed by atoms with Crippen molar-refractivity contribution in [3.8, 4) is 5.75 Å². The predicted octanol–water partition coefficient (Wildman–Crippen LogP) is 4.23. The number of guanidine groups is 1. The molecule has 0 aliphatic carbocycles. The number of hydrogen-bond donors (Lipinski definition) is 2. The lowest BCUT2D eigenvalue weighted by Crippen LogP contribution is -2.44. The average Bonchev–Trinajstić information content (AvgIpc) is 3.19. The summed E-state index contributed by atoms with van der Waals surface area (Å²) in [5.41, 5.74) is 3.77. The third-order valence-corrected chi connectivity index (χ3v) is 6.24. The van der Waals surface area contributed by atoms with E-state index >= 15 is 0 Å². The van der Waals surface area contributed by atoms with Gasteiger partial charge in [-0.3, -0.25) is 24.6 Å². The fraction of sp³-hybridized carbons (Fsp3) is 0.161. The minimum Gasteiger partial charge on any atom is -0.493 e. The first-order valence-corrected chi connectivity index (χ1v) is 13.1. The summed E-state index contributed by atoms with van der Waals surface area (Å²) in [4.78, 5) is 52.4. The van der Waals surface area contributed by atoms with E-state index in [0.717, 1.165) is 11.3 Å². The van der Waals surface area contributed by atoms with E-state index in [-0.39, 0.29) is 23.0 Å². The zero-order valence-corrected chi connectivity index (χ0v) is 22.6. The van der Waals surface area contributed by atoms with Crippen molar-refractivity contribution in [2.45, 2.75) is 20.3 Å². The summed E-state index contributed by atoms with van der Waals surface area (Å²) in [6, 6.07) is 25.5. The number of benzene rings is 3. The first-order chi connectivity index (χ1) is 19.9. The fourth-order valence-electron chi connectivity index (χ4n) is 4.35. The molecule has 3 aromatic carbocycles. The second-order valence-electron chi connectivity index (χ2n) is 9.43. The molecular weight excluding hydrogens is 520 g/mol. The topological polar surface area (TPSA) is 126 Å². The molecule has 0 saturated heterocycles. The van der Waals surface area contributed by atoms with Crippen LogP contribution in [0.3, 0.4) is 0 Å². The van der Waals surface area contributed by atoms with Gasteiger partial charge in [0.15, 0.2) is 0 Å². The minimum atomic E-state index is -0.615. The van der Waals surface area contributed by atoms with Gasteiger partial charge in [0.05, 0.1) is 17.7 Å². The monoisotopic (exact) mass is 548 g/mol. The molecule has 0 atom stereocenters. The summed E-state index contributed by atoms with van der Waals surface area (Å²) in [5, 5.41) is 5.72. The number of aryl methyl sites for hydroxylation is 2. The Morgan fingerprint density at radius 3 is 2.10 bits per heavy atom. The molecule has 0 fully saturated rings. The van der Waals surface area contributed by atoms with Crippen molar-refractivity contribution in [2.24, 2.45) is 4.99 Å². The zero-order chi connectivity index (χ0) is 28.8. The number of hydrogen-bond acceptors (Lipinski definition) is 7. The fourth-order valence-corrected chi connectivity index (χ4v) is 4.35. The van der Waals surface area contributed by atoms with Gasteiger partial charge in [0.25, 0.3) is 17.8 Å². The van der Waals surface area contributed by atoms with Crippen LogP contribution in [0.1, 0.15) is 37.7 Å². The molecule has 5 rings (SSSR count). The van der Waals surface area contributed by atoms with Gasteiger partial charge in [-0.2, -0.15) is 4.99 Å². The predicted molar refractivity (Wildman–Crippen MR) is 154 cm³/mol. The second-order valence-corrected chi connectivity index (χ2v) is 9.43. The first-order valence-electron chi connectivity index (χ1n) is 13.1. The zero-order valence-electron chi connectivity index (χ0n) is 22.6. The molecule has 41 heavy (non-hydrogen) atoms. The number of fused-ring (bicyclic) bond motifs is 1. The molecule has 4 aromatic rings. The van der Waals surface area contributed by atoms with Crippen LogP contribution in [0.2, 0.25) is 0 Å². The number of nitrogens with one attached hydrogen (secondary N) is 2. The Labute approximate surface area is 237 Å². The van der Waals surface area contributed by atoms with Gasteiger partial charge < -0.3 is 10.1 Å². The van der Waals surface area contributed by atoms with E-state index < -0.39 is 24.3 Å². The molecule has 0 radical (unpaired) electrons. The molecule has 0 spiro atoms. The Bertz CT molecular complexity index is 1560. The summed E-state index contributed by atoms with van der Waals surface area (Å²) < 4.78 is 5.86. The maximum Gasteiger partial charge on any atom is 0.262 e. The van der Waals surface area contributed by atoms with Crippen molar-refractivity contribution in [1.82, 2.24) is 20.2 Å². The first kappa shape index (κ1) is 27.2. The highest BCUT2D eigenvalue weighted by molar-refractivity contribution is 6.22. The smallest absolute Gasteiger partial charge is 0.262 e. The Kier molecular flexibility index (Phi) is 8.10. The molecule has 3 amide bonds. The van der Waals surface area contributed by atoms with E-state index in [0.29, 0.717) is 29.4 Å². The number of carbonyl (C=O) groups is 3. The number of ether oxygens (including phenoxy) is 1. The highest BCUT2D eigenvalue weighted by Crippen LogP contribution is 2.22. The lowest BCUT2D eigenvalue weighted by atomic mass is 10.1. The maximum atomic E-state index is 13.0. The third-order valence-electron chi connectivity index (χ3n) is 6.24. The van der Waals surface area contributed by atoms with Crippen molar-refractivity contribution < 1.29 is 19.1 Å². The van der Waals surface area contributed by atoms with E-state index in [1.807, 2.05) is 38.1 Å². The van der Waals surface area contributed by atoms with Crippen LogP contribution in [0.15, 0.2) is 89.9 Å². The number of nitrogens with zero attached hydrogens (tertiary/aromatic N) is 4. The molecule has 0 bridgehead atoms. The lowest BCUT2D eigenvalue weighted by Gasteiger charge is -2.16. The van der Waals surface area contributed by atoms with Crippen LogP contribution in [-0.2, 0) is 11.2 Å². The number of amides is 3. The van der Waals surface area contributed by atoms with Gasteiger partial charge in [0, 0.05) is 23.5 Å². The Hall–Kier alpha value is -5.38. The third kappa shape index (κ3) is 6.80. The number of rotatable bonds is 8. The summed E-state index contributed by atoms with van der Waals surface area (Å²) in [5.74, 6) is -0.782. The normalized spacial score (nSPS) is 12.7. The summed E-state index contributed by atoms with van der Waals surface area (Å²) >= 11 is 0. The van der Waals surface area contributed by atoms with E-state index in [1.165, 1.54) is 5.56 Å². The van der Waals surface area contributed by atoms with E-state index in [9.17, 15) is 14.4 Å². The highest BCUT2D eigenvalue weighted by atomic mass is 16.5. The lowest BCUT2D eigenvalue weighted by molar-refractivity contribution is -0.120. The molecule has 10 heteroatoms. The van der Waals surface area contributed by atoms with Crippen LogP contribution < -0.4 is 15.4 Å². The van der Waals surface area contributed by atoms with E-state index in [4.69, 9.17) is 4.74 Å². The number of imide groups is 1. The molecule has 1 aromatic heterocycles. The minimum absolute atomic E-state index is 0.0364. The maximum absolute atomic E-state index is 13.0. The van der Waals surface area contributed by atoms with Gasteiger partial charge in [-0.15, -0.1) is 0 Å². The van der Waals surface area contributed by atoms with Gasteiger partial charge in [-0.05, 0) is 61.9 Å². The Balaban J connectivity index is 1.28. The van der Waals surface area contributed by atoms with Crippen LogP contribution in [0.5, 0.6) is 5.75 Å². The van der Waals surface area contributed by atoms with Crippen molar-refractivity contribution in [3.05, 3.63) is 113 Å². The van der Waals surface area contributed by atoms with Gasteiger partial charge in [0.1, 0.15) is 12.3 Å². The average molecular weight is 549 g/mol. The molecule has 10 nitrogen and oxygen atoms in total. The van der Waals surface area contributed by atoms with Crippen LogP contribution >= 0.6 is 0 Å². The van der Waals surface area contributed by atoms with Crippen LogP contribution in [0.4, 0.5) is 11.6 Å².